The number of aromatic amines is 1. The van der Waals surface area contributed by atoms with Gasteiger partial charge in [-0.05, 0) is 19.3 Å². The van der Waals surface area contributed by atoms with Gasteiger partial charge in [-0.1, -0.05) is 0 Å². The van der Waals surface area contributed by atoms with Gasteiger partial charge in [-0.15, -0.1) is 0 Å². The normalized spacial score (nSPS) is 31.5. The first kappa shape index (κ1) is 11.5. The van der Waals surface area contributed by atoms with E-state index in [4.69, 9.17) is 4.55 Å². The molecular weight excluding hydrogens is 234 g/mol. The standard InChI is InChI=1S/C8H13N3O4S/c12-8(7-9-5-10-11-7)3-1-2-6(4-8)16(13,14)15/h5-6,12H,1-4H2,(H,9,10,11)(H,13,14,15). The van der Waals surface area contributed by atoms with Crippen LogP contribution >= 0.6 is 0 Å². The van der Waals surface area contributed by atoms with Gasteiger partial charge in [-0.25, -0.2) is 4.98 Å². The Morgan fingerprint density at radius 2 is 2.31 bits per heavy atom. The molecule has 2 rings (SSSR count). The van der Waals surface area contributed by atoms with Crippen LogP contribution in [-0.2, 0) is 15.7 Å². The molecule has 1 aromatic heterocycles. The molecule has 0 amide bonds. The summed E-state index contributed by atoms with van der Waals surface area (Å²) in [7, 11) is -4.11. The fourth-order valence-corrected chi connectivity index (χ4v) is 3.05. The summed E-state index contributed by atoms with van der Waals surface area (Å²) in [4.78, 5) is 3.84. The highest BCUT2D eigenvalue weighted by molar-refractivity contribution is 7.86. The van der Waals surface area contributed by atoms with Gasteiger partial charge in [0.05, 0.1) is 5.25 Å². The summed E-state index contributed by atoms with van der Waals surface area (Å²) in [6.45, 7) is 0. The Kier molecular flexibility index (Phi) is 2.72. The quantitative estimate of drug-likeness (QED) is 0.624. The van der Waals surface area contributed by atoms with Crippen molar-refractivity contribution in [1.82, 2.24) is 15.2 Å². The van der Waals surface area contributed by atoms with Crippen LogP contribution in [0.5, 0.6) is 0 Å². The van der Waals surface area contributed by atoms with Gasteiger partial charge in [-0.3, -0.25) is 9.65 Å². The van der Waals surface area contributed by atoms with Gasteiger partial charge in [0.2, 0.25) is 0 Å². The van der Waals surface area contributed by atoms with E-state index in [0.29, 0.717) is 19.3 Å². The molecule has 1 heterocycles. The van der Waals surface area contributed by atoms with Gasteiger partial charge in [0.25, 0.3) is 10.1 Å². The average molecular weight is 247 g/mol. The third-order valence-corrected chi connectivity index (χ3v) is 4.20. The highest BCUT2D eigenvalue weighted by Gasteiger charge is 2.42. The van der Waals surface area contributed by atoms with Crippen LogP contribution in [0.1, 0.15) is 31.5 Å². The second-order valence-electron chi connectivity index (χ2n) is 4.10. The summed E-state index contributed by atoms with van der Waals surface area (Å²) >= 11 is 0. The van der Waals surface area contributed by atoms with Crippen LogP contribution in [-0.4, -0.2) is 38.5 Å². The van der Waals surface area contributed by atoms with Crippen LogP contribution in [0.25, 0.3) is 0 Å². The minimum atomic E-state index is -4.11. The second-order valence-corrected chi connectivity index (χ2v) is 5.80. The molecule has 16 heavy (non-hydrogen) atoms. The van der Waals surface area contributed by atoms with Gasteiger partial charge < -0.3 is 5.11 Å². The molecule has 8 heteroatoms. The van der Waals surface area contributed by atoms with E-state index in [1.54, 1.807) is 0 Å². The highest BCUT2D eigenvalue weighted by atomic mass is 32.2. The lowest BCUT2D eigenvalue weighted by Gasteiger charge is -2.33. The van der Waals surface area contributed by atoms with Gasteiger partial charge >= 0.3 is 0 Å². The highest BCUT2D eigenvalue weighted by Crippen LogP contribution is 2.37. The maximum Gasteiger partial charge on any atom is 0.267 e. The molecule has 0 aliphatic heterocycles. The van der Waals surface area contributed by atoms with Crippen molar-refractivity contribution in [3.05, 3.63) is 12.2 Å². The zero-order chi connectivity index (χ0) is 11.8. The molecule has 0 radical (unpaired) electrons. The molecule has 1 aromatic rings. The molecule has 1 aliphatic carbocycles. The fourth-order valence-electron chi connectivity index (χ4n) is 2.10. The molecule has 1 fully saturated rings. The second kappa shape index (κ2) is 3.79. The maximum absolute atomic E-state index is 11.0. The molecule has 2 unspecified atom stereocenters. The first-order chi connectivity index (χ1) is 7.42. The van der Waals surface area contributed by atoms with E-state index >= 15 is 0 Å². The van der Waals surface area contributed by atoms with Crippen molar-refractivity contribution in [1.29, 1.82) is 0 Å². The number of aromatic nitrogens is 3. The SMILES string of the molecule is O=S(=O)(O)C1CCCC(O)(c2ncn[nH]2)C1. The van der Waals surface area contributed by atoms with Crippen molar-refractivity contribution in [2.75, 3.05) is 0 Å². The maximum atomic E-state index is 11.0. The largest absolute Gasteiger partial charge is 0.382 e. The summed E-state index contributed by atoms with van der Waals surface area (Å²) < 4.78 is 31.1. The summed E-state index contributed by atoms with van der Waals surface area (Å²) in [6, 6.07) is 0. The molecule has 0 spiro atoms. The molecule has 0 bridgehead atoms. The molecular formula is C8H13N3O4S. The Hall–Kier alpha value is -0.990. The summed E-state index contributed by atoms with van der Waals surface area (Å²) in [6.07, 6.45) is 2.48. The van der Waals surface area contributed by atoms with E-state index in [2.05, 4.69) is 15.2 Å². The smallest absolute Gasteiger partial charge is 0.267 e. The number of hydrogen-bond acceptors (Lipinski definition) is 5. The minimum Gasteiger partial charge on any atom is -0.382 e. The lowest BCUT2D eigenvalue weighted by atomic mass is 9.84. The Balaban J connectivity index is 2.25. The summed E-state index contributed by atoms with van der Waals surface area (Å²) in [5.74, 6) is 0.251. The van der Waals surface area contributed by atoms with Crippen LogP contribution in [0, 0.1) is 0 Å². The number of hydrogen-bond donors (Lipinski definition) is 3. The predicted octanol–water partition coefficient (Wildman–Crippen LogP) is -0.177. The van der Waals surface area contributed by atoms with Crippen LogP contribution < -0.4 is 0 Å². The van der Waals surface area contributed by atoms with Crippen molar-refractivity contribution in [2.45, 2.75) is 36.5 Å². The third kappa shape index (κ3) is 2.08. The van der Waals surface area contributed by atoms with Gasteiger partial charge in [0.1, 0.15) is 11.9 Å². The lowest BCUT2D eigenvalue weighted by molar-refractivity contribution is -0.00802. The van der Waals surface area contributed by atoms with E-state index in [1.807, 2.05) is 0 Å². The van der Waals surface area contributed by atoms with Crippen LogP contribution in [0.15, 0.2) is 6.33 Å². The Morgan fingerprint density at radius 3 is 2.88 bits per heavy atom. The van der Waals surface area contributed by atoms with Gasteiger partial charge in [-0.2, -0.15) is 13.5 Å². The van der Waals surface area contributed by atoms with Gasteiger partial charge in [0.15, 0.2) is 5.82 Å². The molecule has 1 aliphatic rings. The van der Waals surface area contributed by atoms with E-state index in [9.17, 15) is 13.5 Å². The summed E-state index contributed by atoms with van der Waals surface area (Å²) in [5, 5.41) is 15.5. The van der Waals surface area contributed by atoms with Crippen molar-refractivity contribution in [3.63, 3.8) is 0 Å². The Bertz CT molecular complexity index is 458. The number of H-pyrrole nitrogens is 1. The average Bonchev–Trinajstić information content (AvgIpc) is 2.69. The van der Waals surface area contributed by atoms with Gasteiger partial charge in [0, 0.05) is 6.42 Å². The Morgan fingerprint density at radius 1 is 1.56 bits per heavy atom. The monoisotopic (exact) mass is 247 g/mol. The number of nitrogens with zero attached hydrogens (tertiary/aromatic N) is 2. The first-order valence-electron chi connectivity index (χ1n) is 4.96. The van der Waals surface area contributed by atoms with Crippen molar-refractivity contribution >= 4 is 10.1 Å². The molecule has 0 saturated heterocycles. The Labute approximate surface area is 92.7 Å². The molecule has 90 valence electrons. The van der Waals surface area contributed by atoms with Crippen LogP contribution in [0.3, 0.4) is 0 Å². The van der Waals surface area contributed by atoms with E-state index in [1.165, 1.54) is 6.33 Å². The van der Waals surface area contributed by atoms with Crippen molar-refractivity contribution in [2.24, 2.45) is 0 Å². The predicted molar refractivity (Wildman–Crippen MR) is 54.1 cm³/mol. The lowest BCUT2D eigenvalue weighted by Crippen LogP contribution is -2.39. The molecule has 7 nitrogen and oxygen atoms in total. The topological polar surface area (TPSA) is 116 Å². The number of rotatable bonds is 2. The summed E-state index contributed by atoms with van der Waals surface area (Å²) in [5.41, 5.74) is -1.34. The number of aliphatic hydroxyl groups is 1. The van der Waals surface area contributed by atoms with Crippen LogP contribution in [0.2, 0.25) is 0 Å². The minimum absolute atomic E-state index is 0.0545. The van der Waals surface area contributed by atoms with Crippen molar-refractivity contribution < 1.29 is 18.1 Å². The van der Waals surface area contributed by atoms with E-state index in [0.717, 1.165) is 0 Å². The van der Waals surface area contributed by atoms with Crippen molar-refractivity contribution in [3.8, 4) is 0 Å². The zero-order valence-electron chi connectivity index (χ0n) is 8.50. The van der Waals surface area contributed by atoms with Crippen LogP contribution in [0.4, 0.5) is 0 Å². The van der Waals surface area contributed by atoms with E-state index < -0.39 is 21.0 Å². The molecule has 3 N–H and O–H groups in total. The molecule has 0 aromatic carbocycles. The molecule has 2 atom stereocenters. The third-order valence-electron chi connectivity index (χ3n) is 2.96. The van der Waals surface area contributed by atoms with E-state index in [-0.39, 0.29) is 12.2 Å². The molecule has 1 saturated carbocycles. The first-order valence-corrected chi connectivity index (χ1v) is 6.47. The number of nitrogens with one attached hydrogen (secondary N) is 1. The fraction of sp³-hybridized carbons (Fsp3) is 0.750. The zero-order valence-corrected chi connectivity index (χ0v) is 9.31.